The van der Waals surface area contributed by atoms with Crippen molar-refractivity contribution in [2.45, 2.75) is 32.1 Å². The second-order valence-corrected chi connectivity index (χ2v) is 8.77. The van der Waals surface area contributed by atoms with Gasteiger partial charge in [0.2, 0.25) is 6.79 Å². The van der Waals surface area contributed by atoms with Gasteiger partial charge in [0.25, 0.3) is 11.7 Å². The van der Waals surface area contributed by atoms with Gasteiger partial charge in [-0.25, -0.2) is 4.68 Å². The summed E-state index contributed by atoms with van der Waals surface area (Å²) in [6.45, 7) is 5.25. The van der Waals surface area contributed by atoms with Gasteiger partial charge in [-0.15, -0.1) is 0 Å². The summed E-state index contributed by atoms with van der Waals surface area (Å²) in [5.41, 5.74) is 3.03. The molecule has 1 saturated heterocycles. The molecule has 8 heteroatoms. The van der Waals surface area contributed by atoms with Gasteiger partial charge < -0.3 is 19.5 Å². The van der Waals surface area contributed by atoms with Gasteiger partial charge in [-0.05, 0) is 56.5 Å². The first kappa shape index (κ1) is 22.2. The quantitative estimate of drug-likeness (QED) is 0.448. The molecule has 5 rings (SSSR count). The van der Waals surface area contributed by atoms with Crippen molar-refractivity contribution < 1.29 is 23.8 Å². The number of hydrogen-bond acceptors (Lipinski definition) is 6. The van der Waals surface area contributed by atoms with E-state index < -0.39 is 11.7 Å². The first-order valence-corrected chi connectivity index (χ1v) is 11.4. The molecule has 1 N–H and O–H groups in total. The maximum atomic E-state index is 13.2. The molecular formula is C26H27N3O5. The third-order valence-corrected chi connectivity index (χ3v) is 6.75. The van der Waals surface area contributed by atoms with Crippen molar-refractivity contribution in [3.05, 3.63) is 71.0 Å². The van der Waals surface area contributed by atoms with E-state index in [4.69, 9.17) is 14.2 Å². The zero-order chi connectivity index (χ0) is 23.7. The number of carbonyl (C=O) groups is 2. The van der Waals surface area contributed by atoms with E-state index in [0.717, 1.165) is 24.1 Å². The van der Waals surface area contributed by atoms with Gasteiger partial charge in [0.05, 0.1) is 22.6 Å². The fourth-order valence-corrected chi connectivity index (χ4v) is 4.79. The van der Waals surface area contributed by atoms with Crippen LogP contribution in [-0.4, -0.2) is 48.0 Å². The van der Waals surface area contributed by atoms with Crippen LogP contribution in [0.1, 0.15) is 40.2 Å². The number of amides is 1. The van der Waals surface area contributed by atoms with E-state index in [2.05, 4.69) is 10.4 Å². The molecule has 1 fully saturated rings. The number of benzene rings is 2. The Kier molecular flexibility index (Phi) is 5.83. The maximum absolute atomic E-state index is 13.2. The number of fused-ring (bicyclic) bond motifs is 1. The number of aromatic nitrogens is 2. The van der Waals surface area contributed by atoms with Crippen molar-refractivity contribution in [3.8, 4) is 17.2 Å². The first-order chi connectivity index (χ1) is 16.5. The molecule has 0 bridgehead atoms. The van der Waals surface area contributed by atoms with Crippen molar-refractivity contribution in [1.82, 2.24) is 15.1 Å². The van der Waals surface area contributed by atoms with E-state index in [-0.39, 0.29) is 12.2 Å². The minimum atomic E-state index is -0.634. The largest absolute Gasteiger partial charge is 0.454 e. The van der Waals surface area contributed by atoms with E-state index in [1.165, 1.54) is 0 Å². The van der Waals surface area contributed by atoms with Gasteiger partial charge >= 0.3 is 0 Å². The Labute approximate surface area is 197 Å². The number of para-hydroxylation sites is 1. The number of nitrogens with zero attached hydrogens (tertiary/aromatic N) is 2. The second kappa shape index (κ2) is 8.95. The topological polar surface area (TPSA) is 91.7 Å². The molecule has 8 nitrogen and oxygen atoms in total. The van der Waals surface area contributed by atoms with Crippen LogP contribution >= 0.6 is 0 Å². The Bertz CT molecular complexity index is 1230. The lowest BCUT2D eigenvalue weighted by molar-refractivity contribution is -0.117. The van der Waals surface area contributed by atoms with Crippen LogP contribution in [0, 0.1) is 13.8 Å². The molecule has 0 radical (unpaired) electrons. The van der Waals surface area contributed by atoms with Gasteiger partial charge in [-0.1, -0.05) is 24.3 Å². The fourth-order valence-electron chi connectivity index (χ4n) is 4.79. The predicted molar refractivity (Wildman–Crippen MR) is 125 cm³/mol. The van der Waals surface area contributed by atoms with Crippen LogP contribution in [0.2, 0.25) is 0 Å². The van der Waals surface area contributed by atoms with E-state index in [0.29, 0.717) is 48.2 Å². The third-order valence-electron chi connectivity index (χ3n) is 6.75. The Balaban J connectivity index is 1.36. The number of aryl methyl sites for hydroxylation is 1. The molecule has 176 valence electrons. The summed E-state index contributed by atoms with van der Waals surface area (Å²) in [6, 6.07) is 15.4. The summed E-state index contributed by atoms with van der Waals surface area (Å²) in [6.07, 6.45) is 1.45. The van der Waals surface area contributed by atoms with Crippen LogP contribution in [0.5, 0.6) is 11.5 Å². The normalized spacial score (nSPS) is 16.3. The molecule has 0 saturated carbocycles. The van der Waals surface area contributed by atoms with E-state index >= 15 is 0 Å². The van der Waals surface area contributed by atoms with Crippen LogP contribution in [-0.2, 0) is 14.9 Å². The summed E-state index contributed by atoms with van der Waals surface area (Å²) in [5.74, 6) is 0.201. The molecule has 3 heterocycles. The number of hydrogen-bond donors (Lipinski definition) is 1. The summed E-state index contributed by atoms with van der Waals surface area (Å²) >= 11 is 0. The molecule has 34 heavy (non-hydrogen) atoms. The summed E-state index contributed by atoms with van der Waals surface area (Å²) < 4.78 is 18.3. The molecule has 2 aliphatic rings. The molecule has 2 aromatic carbocycles. The van der Waals surface area contributed by atoms with Gasteiger partial charge in [-0.2, -0.15) is 5.10 Å². The molecule has 0 spiro atoms. The van der Waals surface area contributed by atoms with Crippen molar-refractivity contribution in [2.24, 2.45) is 0 Å². The van der Waals surface area contributed by atoms with Crippen LogP contribution in [0.25, 0.3) is 5.69 Å². The zero-order valence-electron chi connectivity index (χ0n) is 19.3. The van der Waals surface area contributed by atoms with Crippen molar-refractivity contribution >= 4 is 11.7 Å². The highest BCUT2D eigenvalue weighted by Crippen LogP contribution is 2.40. The zero-order valence-corrected chi connectivity index (χ0v) is 19.3. The first-order valence-electron chi connectivity index (χ1n) is 11.4. The number of ketones is 1. The number of rotatable bonds is 6. The van der Waals surface area contributed by atoms with Crippen LogP contribution in [0.4, 0.5) is 0 Å². The Morgan fingerprint density at radius 3 is 2.53 bits per heavy atom. The highest BCUT2D eigenvalue weighted by Gasteiger charge is 2.37. The summed E-state index contributed by atoms with van der Waals surface area (Å²) in [5, 5.41) is 7.41. The number of ether oxygens (including phenoxy) is 3. The van der Waals surface area contributed by atoms with Crippen molar-refractivity contribution in [1.29, 1.82) is 0 Å². The van der Waals surface area contributed by atoms with Crippen molar-refractivity contribution in [2.75, 3.05) is 26.6 Å². The van der Waals surface area contributed by atoms with Crippen LogP contribution in [0.15, 0.2) is 48.5 Å². The van der Waals surface area contributed by atoms with Gasteiger partial charge in [0, 0.05) is 25.2 Å². The molecule has 0 atom stereocenters. The predicted octanol–water partition coefficient (Wildman–Crippen LogP) is 3.27. The number of nitrogens with one attached hydrogen (secondary N) is 1. The highest BCUT2D eigenvalue weighted by atomic mass is 16.7. The third kappa shape index (κ3) is 3.94. The van der Waals surface area contributed by atoms with E-state index in [1.807, 2.05) is 48.5 Å². The molecule has 2 aliphatic heterocycles. The smallest absolute Gasteiger partial charge is 0.292 e. The average Bonchev–Trinajstić information content (AvgIpc) is 3.46. The van der Waals surface area contributed by atoms with Gasteiger partial charge in [-0.3, -0.25) is 9.59 Å². The Morgan fingerprint density at radius 2 is 1.76 bits per heavy atom. The van der Waals surface area contributed by atoms with E-state index in [1.54, 1.807) is 18.5 Å². The lowest BCUT2D eigenvalue weighted by Crippen LogP contribution is -2.46. The molecule has 1 amide bonds. The number of Topliss-reactive ketones (excluding diaryl/α,β-unsaturated/α-hetero) is 1. The maximum Gasteiger partial charge on any atom is 0.292 e. The number of carbonyl (C=O) groups excluding carboxylic acids is 2. The van der Waals surface area contributed by atoms with Crippen LogP contribution in [0.3, 0.4) is 0 Å². The molecule has 1 aromatic heterocycles. The standard InChI is InChI=1S/C26H27N3O5/c1-17-23(18(2)29(28-17)20-6-4-3-5-7-20)24(30)25(31)27-15-26(10-12-32-13-11-26)19-8-9-21-22(14-19)34-16-33-21/h3-9,14H,10-13,15-16H2,1-2H3,(H,27,31). The molecule has 0 unspecified atom stereocenters. The summed E-state index contributed by atoms with van der Waals surface area (Å²) in [7, 11) is 0. The SMILES string of the molecule is Cc1nn(-c2ccccc2)c(C)c1C(=O)C(=O)NCC1(c2ccc3c(c2)OCO3)CCOCC1. The van der Waals surface area contributed by atoms with Gasteiger partial charge in [0.1, 0.15) is 0 Å². The molecule has 3 aromatic rings. The molecule has 0 aliphatic carbocycles. The fraction of sp³-hybridized carbons (Fsp3) is 0.346. The van der Waals surface area contributed by atoms with E-state index in [9.17, 15) is 9.59 Å². The lowest BCUT2D eigenvalue weighted by Gasteiger charge is -2.38. The second-order valence-electron chi connectivity index (χ2n) is 8.77. The Morgan fingerprint density at radius 1 is 1.03 bits per heavy atom. The summed E-state index contributed by atoms with van der Waals surface area (Å²) in [4.78, 5) is 26.2. The average molecular weight is 462 g/mol. The van der Waals surface area contributed by atoms with Gasteiger partial charge in [0.15, 0.2) is 11.5 Å². The Hall–Kier alpha value is -3.65. The minimum Gasteiger partial charge on any atom is -0.454 e. The highest BCUT2D eigenvalue weighted by molar-refractivity contribution is 6.43. The minimum absolute atomic E-state index is 0.204. The lowest BCUT2D eigenvalue weighted by atomic mass is 9.74. The van der Waals surface area contributed by atoms with Crippen LogP contribution < -0.4 is 14.8 Å². The monoisotopic (exact) mass is 461 g/mol. The van der Waals surface area contributed by atoms with Crippen molar-refractivity contribution in [3.63, 3.8) is 0 Å². The molecular weight excluding hydrogens is 434 g/mol.